The van der Waals surface area contributed by atoms with Gasteiger partial charge in [0.05, 0.1) is 19.8 Å². The molecule has 0 N–H and O–H groups in total. The summed E-state index contributed by atoms with van der Waals surface area (Å²) in [6.45, 7) is 3.67. The summed E-state index contributed by atoms with van der Waals surface area (Å²) in [6, 6.07) is 0. The average molecular weight is 334 g/mol. The van der Waals surface area contributed by atoms with E-state index >= 15 is 0 Å². The Balaban J connectivity index is 6.08. The molecule has 0 amide bonds. The number of esters is 1. The predicted molar refractivity (Wildman–Crippen MR) is 67.0 cm³/mol. The van der Waals surface area contributed by atoms with Crippen LogP contribution in [0.5, 0.6) is 0 Å². The highest BCUT2D eigenvalue weighted by Crippen LogP contribution is 2.62. The van der Waals surface area contributed by atoms with Crippen molar-refractivity contribution in [3.63, 3.8) is 0 Å². The summed E-state index contributed by atoms with van der Waals surface area (Å²) in [4.78, 5) is 23.5. The smallest absolute Gasteiger partial charge is 0.451 e. The lowest BCUT2D eigenvalue weighted by molar-refractivity contribution is -0.179. The van der Waals surface area contributed by atoms with Crippen LogP contribution in [-0.2, 0) is 27.9 Å². The molecule has 0 saturated carbocycles. The molecule has 0 spiro atoms. The third kappa shape index (κ3) is 4.05. The second-order valence-corrected chi connectivity index (χ2v) is 6.36. The summed E-state index contributed by atoms with van der Waals surface area (Å²) in [6.07, 6.45) is -5.40. The van der Waals surface area contributed by atoms with Crippen molar-refractivity contribution < 1.29 is 41.1 Å². The van der Waals surface area contributed by atoms with Gasteiger partial charge in [-0.15, -0.1) is 0 Å². The molecule has 6 nitrogen and oxygen atoms in total. The summed E-state index contributed by atoms with van der Waals surface area (Å²) in [7, 11) is -4.72. The van der Waals surface area contributed by atoms with Crippen LogP contribution in [0.25, 0.3) is 0 Å². The largest absolute Gasteiger partial charge is 0.465 e. The first-order valence-electron chi connectivity index (χ1n) is 6.19. The van der Waals surface area contributed by atoms with Gasteiger partial charge < -0.3 is 13.8 Å². The van der Waals surface area contributed by atoms with Gasteiger partial charge in [0, 0.05) is 0 Å². The molecule has 0 heterocycles. The van der Waals surface area contributed by atoms with Crippen molar-refractivity contribution >= 4 is 19.3 Å². The number of hydrogen-bond acceptors (Lipinski definition) is 6. The van der Waals surface area contributed by atoms with Crippen molar-refractivity contribution in [2.45, 2.75) is 39.0 Å². The van der Waals surface area contributed by atoms with Gasteiger partial charge in [-0.2, -0.15) is 13.2 Å². The number of carbonyl (C=O) groups excluding carboxylic acids is 2. The van der Waals surface area contributed by atoms with Gasteiger partial charge in [-0.1, -0.05) is 0 Å². The van der Waals surface area contributed by atoms with E-state index in [2.05, 4.69) is 4.74 Å². The summed E-state index contributed by atoms with van der Waals surface area (Å²) in [5.74, 6) is -4.13. The number of ketones is 1. The lowest BCUT2D eigenvalue weighted by Gasteiger charge is -2.32. The van der Waals surface area contributed by atoms with Crippen LogP contribution >= 0.6 is 7.60 Å². The van der Waals surface area contributed by atoms with E-state index in [4.69, 9.17) is 9.05 Å². The fourth-order valence-corrected chi connectivity index (χ4v) is 3.45. The third-order valence-corrected chi connectivity index (χ3v) is 5.20. The summed E-state index contributed by atoms with van der Waals surface area (Å²) in [5, 5.41) is -3.10. The van der Waals surface area contributed by atoms with E-state index in [1.165, 1.54) is 20.8 Å². The normalized spacial score (nSPS) is 15.4. The number of hydrogen-bond donors (Lipinski definition) is 0. The van der Waals surface area contributed by atoms with Crippen LogP contribution < -0.4 is 0 Å². The van der Waals surface area contributed by atoms with Gasteiger partial charge in [0.25, 0.3) is 5.78 Å². The van der Waals surface area contributed by atoms with Gasteiger partial charge in [-0.25, -0.2) is 0 Å². The quantitative estimate of drug-likeness (QED) is 0.386. The second-order valence-electron chi connectivity index (χ2n) is 3.95. The molecule has 0 bridgehead atoms. The van der Waals surface area contributed by atoms with Crippen LogP contribution in [0.3, 0.4) is 0 Å². The highest BCUT2D eigenvalue weighted by Gasteiger charge is 2.67. The molecule has 124 valence electrons. The zero-order valence-corrected chi connectivity index (χ0v) is 13.0. The highest BCUT2D eigenvalue weighted by atomic mass is 31.2. The van der Waals surface area contributed by atoms with E-state index in [0.29, 0.717) is 6.92 Å². The zero-order chi connectivity index (χ0) is 16.9. The molecule has 0 radical (unpaired) electrons. The molecule has 0 fully saturated rings. The van der Waals surface area contributed by atoms with E-state index in [1.54, 1.807) is 0 Å². The third-order valence-electron chi connectivity index (χ3n) is 2.52. The number of ether oxygens (including phenoxy) is 1. The van der Waals surface area contributed by atoms with Gasteiger partial charge >= 0.3 is 19.7 Å². The topological polar surface area (TPSA) is 78.9 Å². The SMILES string of the molecule is CCOC(=O)C(C)(C(=O)C(F)(F)F)P(=O)(OCC)OCC. The Kier molecular flexibility index (Phi) is 7.05. The van der Waals surface area contributed by atoms with E-state index in [1.807, 2.05) is 0 Å². The van der Waals surface area contributed by atoms with Crippen molar-refractivity contribution in [1.29, 1.82) is 0 Å². The molecule has 10 heteroatoms. The number of rotatable bonds is 8. The molecular formula is C11H18F3O6P. The zero-order valence-electron chi connectivity index (χ0n) is 12.2. The fraction of sp³-hybridized carbons (Fsp3) is 0.818. The summed E-state index contributed by atoms with van der Waals surface area (Å²) >= 11 is 0. The first-order chi connectivity index (χ1) is 9.51. The molecule has 0 aromatic carbocycles. The van der Waals surface area contributed by atoms with Gasteiger partial charge in [0.15, 0.2) is 0 Å². The Bertz CT molecular complexity index is 426. The first-order valence-corrected chi connectivity index (χ1v) is 7.73. The van der Waals surface area contributed by atoms with E-state index in [0.717, 1.165) is 0 Å². The van der Waals surface area contributed by atoms with Gasteiger partial charge in [0.2, 0.25) is 5.16 Å². The van der Waals surface area contributed by atoms with Crippen LogP contribution in [0.15, 0.2) is 0 Å². The van der Waals surface area contributed by atoms with Gasteiger partial charge in [0.1, 0.15) is 0 Å². The molecule has 1 atom stereocenters. The van der Waals surface area contributed by atoms with Crippen LogP contribution in [0.2, 0.25) is 0 Å². The van der Waals surface area contributed by atoms with Crippen LogP contribution in [0.1, 0.15) is 27.7 Å². The Morgan fingerprint density at radius 1 is 1.00 bits per heavy atom. The number of carbonyl (C=O) groups is 2. The van der Waals surface area contributed by atoms with Crippen molar-refractivity contribution in [3.05, 3.63) is 0 Å². The molecule has 0 rings (SSSR count). The van der Waals surface area contributed by atoms with E-state index in [9.17, 15) is 27.3 Å². The predicted octanol–water partition coefficient (Wildman–Crippen LogP) is 2.71. The van der Waals surface area contributed by atoms with Gasteiger partial charge in [-0.05, 0) is 27.7 Å². The van der Waals surface area contributed by atoms with Crippen LogP contribution in [0, 0.1) is 0 Å². The Morgan fingerprint density at radius 3 is 1.71 bits per heavy atom. The first kappa shape index (κ1) is 20.1. The molecule has 0 aliphatic carbocycles. The molecular weight excluding hydrogens is 316 g/mol. The van der Waals surface area contributed by atoms with E-state index in [-0.39, 0.29) is 19.8 Å². The lowest BCUT2D eigenvalue weighted by atomic mass is 10.1. The van der Waals surface area contributed by atoms with Crippen LogP contribution in [0.4, 0.5) is 13.2 Å². The van der Waals surface area contributed by atoms with Crippen molar-refractivity contribution in [2.24, 2.45) is 0 Å². The molecule has 0 aliphatic rings. The molecule has 0 aromatic heterocycles. The van der Waals surface area contributed by atoms with Gasteiger partial charge in [-0.3, -0.25) is 14.2 Å². The summed E-state index contributed by atoms with van der Waals surface area (Å²) < 4.78 is 64.8. The standard InChI is InChI=1S/C11H18F3O6P/c1-5-18-9(16)10(4,8(15)11(12,13)14)21(17,19-6-2)20-7-3/h5-7H2,1-4H3. The number of Topliss-reactive ketones (excluding diaryl/α,β-unsaturated/α-hetero) is 1. The van der Waals surface area contributed by atoms with Crippen LogP contribution in [-0.4, -0.2) is 42.9 Å². The maximum atomic E-state index is 12.8. The molecule has 0 saturated heterocycles. The second kappa shape index (κ2) is 7.38. The Hall–Kier alpha value is -0.920. The monoisotopic (exact) mass is 334 g/mol. The number of halogens is 3. The molecule has 0 aromatic rings. The minimum Gasteiger partial charge on any atom is -0.465 e. The number of alkyl halides is 3. The van der Waals surface area contributed by atoms with Crippen molar-refractivity contribution in [1.82, 2.24) is 0 Å². The Morgan fingerprint density at radius 2 is 1.43 bits per heavy atom. The minimum atomic E-state index is -5.40. The lowest BCUT2D eigenvalue weighted by Crippen LogP contribution is -2.51. The minimum absolute atomic E-state index is 0.294. The molecule has 1 unspecified atom stereocenters. The molecule has 0 aliphatic heterocycles. The highest BCUT2D eigenvalue weighted by molar-refractivity contribution is 7.58. The van der Waals surface area contributed by atoms with Crippen molar-refractivity contribution in [2.75, 3.05) is 19.8 Å². The average Bonchev–Trinajstić information content (AvgIpc) is 2.36. The summed E-state index contributed by atoms with van der Waals surface area (Å²) in [5.41, 5.74) is 0. The molecule has 21 heavy (non-hydrogen) atoms. The maximum absolute atomic E-state index is 12.8. The van der Waals surface area contributed by atoms with Crippen molar-refractivity contribution in [3.8, 4) is 0 Å². The van der Waals surface area contributed by atoms with E-state index < -0.39 is 30.7 Å². The fourth-order valence-electron chi connectivity index (χ4n) is 1.51. The Labute approximate surface area is 120 Å². The maximum Gasteiger partial charge on any atom is 0.451 e.